The minimum absolute atomic E-state index is 0.00893. The molecule has 0 spiro atoms. The van der Waals surface area contributed by atoms with Crippen LogP contribution in [0.2, 0.25) is 0 Å². The van der Waals surface area contributed by atoms with Gasteiger partial charge in [0.25, 0.3) is 5.91 Å². The number of esters is 1. The first kappa shape index (κ1) is 24.9. The number of hydrogen-bond donors (Lipinski definition) is 1. The summed E-state index contributed by atoms with van der Waals surface area (Å²) in [7, 11) is -4.41. The summed E-state index contributed by atoms with van der Waals surface area (Å²) in [5.74, 6) is -3.81. The van der Waals surface area contributed by atoms with Crippen molar-refractivity contribution in [1.29, 1.82) is 0 Å². The average molecular weight is 492 g/mol. The van der Waals surface area contributed by atoms with Crippen LogP contribution >= 0.6 is 0 Å². The lowest BCUT2D eigenvalue weighted by molar-refractivity contribution is -0.141. The average Bonchev–Trinajstić information content (AvgIpc) is 2.77. The molecule has 0 saturated carbocycles. The highest BCUT2D eigenvalue weighted by atomic mass is 32.2. The molecule has 7 nitrogen and oxygen atoms in total. The number of aryl methyl sites for hydroxylation is 1. The monoisotopic (exact) mass is 492 g/mol. The molecule has 0 aliphatic heterocycles. The van der Waals surface area contributed by atoms with Crippen LogP contribution in [0, 0.1) is 24.4 Å². The number of amides is 1. The van der Waals surface area contributed by atoms with E-state index in [1.54, 1.807) is 0 Å². The summed E-state index contributed by atoms with van der Waals surface area (Å²) >= 11 is 0. The van der Waals surface area contributed by atoms with Crippen LogP contribution in [-0.4, -0.2) is 32.0 Å². The number of carbonyl (C=O) groups is 2. The van der Waals surface area contributed by atoms with Gasteiger partial charge in [0.1, 0.15) is 28.4 Å². The van der Waals surface area contributed by atoms with Gasteiger partial charge in [-0.15, -0.1) is 0 Å². The van der Waals surface area contributed by atoms with E-state index in [9.17, 15) is 31.2 Å². The van der Waals surface area contributed by atoms with E-state index in [1.165, 1.54) is 13.0 Å². The van der Waals surface area contributed by atoms with Gasteiger partial charge >= 0.3 is 5.97 Å². The Kier molecular flexibility index (Phi) is 7.35. The van der Waals surface area contributed by atoms with Crippen LogP contribution in [0.1, 0.15) is 39.4 Å². The number of pyridine rings is 1. The molecule has 0 aliphatic carbocycles. The molecule has 0 fully saturated rings. The summed E-state index contributed by atoms with van der Waals surface area (Å²) < 4.78 is 73.8. The molecule has 1 amide bonds. The Morgan fingerprint density at radius 3 is 2.26 bits per heavy atom. The zero-order valence-electron chi connectivity index (χ0n) is 18.0. The Morgan fingerprint density at radius 2 is 1.65 bits per heavy atom. The molecule has 3 rings (SSSR count). The molecule has 1 N–H and O–H groups in total. The number of halogens is 3. The lowest BCUT2D eigenvalue weighted by Crippen LogP contribution is -2.28. The highest BCUT2D eigenvalue weighted by molar-refractivity contribution is 7.92. The number of nitrogens with zero attached hydrogens (tertiary/aromatic N) is 1. The Hall–Kier alpha value is -3.73. The van der Waals surface area contributed by atoms with Gasteiger partial charge in [0.2, 0.25) is 0 Å². The first-order valence-corrected chi connectivity index (χ1v) is 11.4. The van der Waals surface area contributed by atoms with Crippen LogP contribution in [0.25, 0.3) is 0 Å². The van der Waals surface area contributed by atoms with Crippen LogP contribution in [0.4, 0.5) is 13.2 Å². The van der Waals surface area contributed by atoms with E-state index in [0.717, 1.165) is 55.6 Å². The largest absolute Gasteiger partial charge is 0.445 e. The lowest BCUT2D eigenvalue weighted by atomic mass is 10.0. The molecule has 0 bridgehead atoms. The van der Waals surface area contributed by atoms with Gasteiger partial charge < -0.3 is 10.1 Å². The quantitative estimate of drug-likeness (QED) is 0.307. The third-order valence-electron chi connectivity index (χ3n) is 4.87. The van der Waals surface area contributed by atoms with Gasteiger partial charge in [-0.1, -0.05) is 0 Å². The normalized spacial score (nSPS) is 12.1. The summed E-state index contributed by atoms with van der Waals surface area (Å²) in [6.07, 6.45) is 1.08. The molecule has 1 unspecified atom stereocenters. The van der Waals surface area contributed by atoms with Crippen molar-refractivity contribution in [3.05, 3.63) is 94.6 Å². The topological polar surface area (TPSA) is 102 Å². The highest BCUT2D eigenvalue weighted by Crippen LogP contribution is 2.38. The van der Waals surface area contributed by atoms with Crippen LogP contribution in [0.15, 0.2) is 59.6 Å². The van der Waals surface area contributed by atoms with E-state index in [2.05, 4.69) is 15.0 Å². The number of benzene rings is 2. The zero-order valence-corrected chi connectivity index (χ0v) is 18.8. The van der Waals surface area contributed by atoms with E-state index in [0.29, 0.717) is 0 Å². The zero-order chi connectivity index (χ0) is 25.0. The second-order valence-corrected chi connectivity index (χ2v) is 9.29. The molecular weight excluding hydrogens is 473 g/mol. The van der Waals surface area contributed by atoms with Gasteiger partial charge in [-0.05, 0) is 66.6 Å². The maximum atomic E-state index is 14.7. The predicted molar refractivity (Wildman–Crippen MR) is 115 cm³/mol. The molecule has 11 heteroatoms. The van der Waals surface area contributed by atoms with Gasteiger partial charge in [-0.2, -0.15) is 0 Å². The van der Waals surface area contributed by atoms with Crippen molar-refractivity contribution < 1.29 is 35.9 Å². The maximum Gasteiger partial charge on any atom is 0.304 e. The number of rotatable bonds is 7. The molecular formula is C23H19F3N2O5S. The van der Waals surface area contributed by atoms with Gasteiger partial charge in [-0.3, -0.25) is 14.6 Å². The third-order valence-corrected chi connectivity index (χ3v) is 6.93. The summed E-state index contributed by atoms with van der Waals surface area (Å²) in [5, 5.41) is 0.571. The number of ether oxygens (including phenoxy) is 1. The summed E-state index contributed by atoms with van der Waals surface area (Å²) in [4.78, 5) is 26.7. The smallest absolute Gasteiger partial charge is 0.304 e. The van der Waals surface area contributed by atoms with Crippen molar-refractivity contribution in [2.45, 2.75) is 24.0 Å². The van der Waals surface area contributed by atoms with Crippen LogP contribution in [-0.2, 0) is 19.4 Å². The van der Waals surface area contributed by atoms with Gasteiger partial charge in [0, 0.05) is 18.7 Å². The molecule has 1 atom stereocenters. The minimum atomic E-state index is -4.41. The summed E-state index contributed by atoms with van der Waals surface area (Å²) in [5.41, 5.74) is -0.357. The summed E-state index contributed by atoms with van der Waals surface area (Å²) in [6, 6.07) is 7.60. The molecule has 2 aromatic carbocycles. The summed E-state index contributed by atoms with van der Waals surface area (Å²) in [6.45, 7) is 2.24. The van der Waals surface area contributed by atoms with Crippen LogP contribution in [0.3, 0.4) is 0 Å². The fraction of sp³-hybridized carbons (Fsp3) is 0.174. The Balaban J connectivity index is 2.10. The van der Waals surface area contributed by atoms with Crippen molar-refractivity contribution in [1.82, 2.24) is 10.3 Å². The number of sulfone groups is 1. The molecule has 0 radical (unpaired) electrons. The molecule has 0 aliphatic rings. The van der Waals surface area contributed by atoms with Crippen LogP contribution in [0.5, 0.6) is 0 Å². The number of hydrogen-bond acceptors (Lipinski definition) is 6. The standard InChI is InChI=1S/C23H19F3N2O5S/c1-13-9-21(23(30)28-12-33-14(2)29)27-11-19(13)22(18-10-16(25)5-8-20(18)26)34(31,32)17-6-3-15(24)4-7-17/h3-11,22H,12H2,1-2H3,(H,28,30). The SMILES string of the molecule is CC(=O)OCNC(=O)c1cc(C)c(C(c2cc(F)ccc2F)S(=O)(=O)c2ccc(F)cc2)cn1. The Labute approximate surface area is 193 Å². The Bertz CT molecular complexity index is 1350. The van der Waals surface area contributed by atoms with Crippen molar-refractivity contribution in [3.8, 4) is 0 Å². The minimum Gasteiger partial charge on any atom is -0.445 e. The molecule has 1 heterocycles. The van der Waals surface area contributed by atoms with Gasteiger partial charge in [0.05, 0.1) is 4.90 Å². The van der Waals surface area contributed by atoms with Crippen molar-refractivity contribution >= 4 is 21.7 Å². The lowest BCUT2D eigenvalue weighted by Gasteiger charge is -2.21. The molecule has 3 aromatic rings. The molecule has 1 aromatic heterocycles. The fourth-order valence-corrected chi connectivity index (χ4v) is 5.12. The van der Waals surface area contributed by atoms with E-state index in [-0.39, 0.29) is 21.7 Å². The number of aromatic nitrogens is 1. The van der Waals surface area contributed by atoms with Crippen LogP contribution < -0.4 is 5.32 Å². The fourth-order valence-electron chi connectivity index (χ4n) is 3.24. The van der Waals surface area contributed by atoms with Crippen molar-refractivity contribution in [2.75, 3.05) is 6.73 Å². The maximum absolute atomic E-state index is 14.7. The van der Waals surface area contributed by atoms with Crippen molar-refractivity contribution in [3.63, 3.8) is 0 Å². The second-order valence-electron chi connectivity index (χ2n) is 7.26. The van der Waals surface area contributed by atoms with E-state index < -0.39 is 56.7 Å². The van der Waals surface area contributed by atoms with Gasteiger partial charge in [-0.25, -0.2) is 21.6 Å². The molecule has 0 saturated heterocycles. The van der Waals surface area contributed by atoms with Crippen molar-refractivity contribution in [2.24, 2.45) is 0 Å². The number of nitrogens with one attached hydrogen (secondary N) is 1. The van der Waals surface area contributed by atoms with E-state index >= 15 is 0 Å². The Morgan fingerprint density at radius 1 is 1.00 bits per heavy atom. The molecule has 34 heavy (non-hydrogen) atoms. The molecule has 178 valence electrons. The van der Waals surface area contributed by atoms with E-state index in [1.807, 2.05) is 0 Å². The first-order valence-electron chi connectivity index (χ1n) is 9.83. The second kappa shape index (κ2) is 10.0. The number of carbonyl (C=O) groups excluding carboxylic acids is 2. The van der Waals surface area contributed by atoms with Gasteiger partial charge in [0.15, 0.2) is 16.6 Å². The third kappa shape index (κ3) is 5.42. The first-order chi connectivity index (χ1) is 16.0. The highest BCUT2D eigenvalue weighted by Gasteiger charge is 2.35. The predicted octanol–water partition coefficient (Wildman–Crippen LogP) is 3.62. The van der Waals surface area contributed by atoms with E-state index in [4.69, 9.17) is 0 Å².